The van der Waals surface area contributed by atoms with Gasteiger partial charge in [-0.05, 0) is 30.0 Å². The van der Waals surface area contributed by atoms with Crippen LogP contribution in [0.2, 0.25) is 4.34 Å². The number of alkyl halides is 2. The molecule has 0 saturated heterocycles. The Labute approximate surface area is 168 Å². The van der Waals surface area contributed by atoms with Gasteiger partial charge in [-0.25, -0.2) is 23.4 Å². The number of hydrogen-bond acceptors (Lipinski definition) is 5. The van der Waals surface area contributed by atoms with Gasteiger partial charge in [0.15, 0.2) is 5.13 Å². The van der Waals surface area contributed by atoms with Crippen molar-refractivity contribution in [3.8, 4) is 5.69 Å². The number of nitrogens with zero attached hydrogens (tertiary/aromatic N) is 4. The molecule has 0 bridgehead atoms. The van der Waals surface area contributed by atoms with Crippen molar-refractivity contribution in [3.63, 3.8) is 0 Å². The summed E-state index contributed by atoms with van der Waals surface area (Å²) >= 11 is 6.99. The van der Waals surface area contributed by atoms with E-state index in [2.05, 4.69) is 20.4 Å². The van der Waals surface area contributed by atoms with Gasteiger partial charge in [0.2, 0.25) is 11.8 Å². The molecule has 2 heterocycles. The zero-order chi connectivity index (χ0) is 19.7. The Morgan fingerprint density at radius 2 is 2.14 bits per heavy atom. The topological polar surface area (TPSA) is 72.7 Å². The van der Waals surface area contributed by atoms with Crippen LogP contribution >= 0.6 is 22.9 Å². The number of aromatic nitrogens is 4. The van der Waals surface area contributed by atoms with E-state index in [4.69, 9.17) is 11.6 Å². The Bertz CT molecular complexity index is 961. The Morgan fingerprint density at radius 1 is 1.36 bits per heavy atom. The van der Waals surface area contributed by atoms with Gasteiger partial charge in [-0.2, -0.15) is 5.10 Å². The number of rotatable bonds is 5. The first kappa shape index (κ1) is 18.9. The summed E-state index contributed by atoms with van der Waals surface area (Å²) in [6, 6.07) is 7.12. The van der Waals surface area contributed by atoms with Crippen molar-refractivity contribution in [1.82, 2.24) is 19.7 Å². The van der Waals surface area contributed by atoms with Crippen molar-refractivity contribution in [2.24, 2.45) is 5.92 Å². The third-order valence-corrected chi connectivity index (χ3v) is 5.87. The van der Waals surface area contributed by atoms with Gasteiger partial charge in [-0.15, -0.1) is 0 Å². The fourth-order valence-corrected chi connectivity index (χ4v) is 4.39. The van der Waals surface area contributed by atoms with Gasteiger partial charge in [0.25, 0.3) is 0 Å². The average Bonchev–Trinajstić information content (AvgIpc) is 3.38. The van der Waals surface area contributed by atoms with Crippen LogP contribution in [0, 0.1) is 5.92 Å². The molecule has 1 saturated carbocycles. The van der Waals surface area contributed by atoms with E-state index < -0.39 is 17.8 Å². The fourth-order valence-electron chi connectivity index (χ4n) is 3.58. The molecule has 1 N–H and O–H groups in total. The van der Waals surface area contributed by atoms with Crippen molar-refractivity contribution in [2.75, 3.05) is 5.32 Å². The highest BCUT2D eigenvalue weighted by Crippen LogP contribution is 2.46. The molecule has 1 aliphatic carbocycles. The number of hydrogen-bond donors (Lipinski definition) is 1. The Morgan fingerprint density at radius 3 is 2.71 bits per heavy atom. The van der Waals surface area contributed by atoms with Gasteiger partial charge in [0.1, 0.15) is 17.0 Å². The lowest BCUT2D eigenvalue weighted by Gasteiger charge is -2.23. The molecular formula is C18H16ClF2N5OS. The molecule has 4 rings (SSSR count). The highest BCUT2D eigenvalue weighted by atomic mass is 35.5. The second-order valence-electron chi connectivity index (χ2n) is 6.73. The zero-order valence-electron chi connectivity index (χ0n) is 14.6. The van der Waals surface area contributed by atoms with Crippen LogP contribution in [0.3, 0.4) is 0 Å². The largest absolute Gasteiger partial charge is 0.301 e. The highest BCUT2D eigenvalue weighted by molar-refractivity contribution is 7.19. The van der Waals surface area contributed by atoms with Crippen molar-refractivity contribution in [3.05, 3.63) is 53.0 Å². The van der Waals surface area contributed by atoms with Crippen LogP contribution in [0.1, 0.15) is 30.7 Å². The normalized spacial score (nSPS) is 19.5. The standard InChI is InChI=1S/C18H16ClF2N5OS/c19-14-8-23-17(28-14)25-16(27)15(12-5-6-18(20,21)7-12)11-1-3-13(4-2-11)26-10-22-9-24-26/h1-4,8-10,12,15H,5-7H2,(H,23,25,27). The number of benzene rings is 1. The van der Waals surface area contributed by atoms with Crippen LogP contribution in [0.4, 0.5) is 13.9 Å². The molecule has 0 spiro atoms. The molecule has 0 aliphatic heterocycles. The third-order valence-electron chi connectivity index (χ3n) is 4.84. The minimum absolute atomic E-state index is 0.207. The van der Waals surface area contributed by atoms with E-state index in [1.165, 1.54) is 12.5 Å². The maximum absolute atomic E-state index is 13.8. The summed E-state index contributed by atoms with van der Waals surface area (Å²) in [7, 11) is 0. The predicted molar refractivity (Wildman–Crippen MR) is 102 cm³/mol. The summed E-state index contributed by atoms with van der Waals surface area (Å²) in [4.78, 5) is 20.9. The molecule has 10 heteroatoms. The van der Waals surface area contributed by atoms with Crippen LogP contribution in [0.25, 0.3) is 5.69 Å². The van der Waals surface area contributed by atoms with E-state index in [1.807, 2.05) is 0 Å². The molecule has 0 radical (unpaired) electrons. The molecule has 6 nitrogen and oxygen atoms in total. The summed E-state index contributed by atoms with van der Waals surface area (Å²) in [6.07, 6.45) is 4.19. The van der Waals surface area contributed by atoms with E-state index in [0.717, 1.165) is 17.0 Å². The first-order valence-corrected chi connectivity index (χ1v) is 9.86. The fraction of sp³-hybridized carbons (Fsp3) is 0.333. The second kappa shape index (κ2) is 7.56. The summed E-state index contributed by atoms with van der Waals surface area (Å²) in [5.74, 6) is -4.26. The van der Waals surface area contributed by atoms with E-state index in [0.29, 0.717) is 15.0 Å². The third kappa shape index (κ3) is 4.05. The second-order valence-corrected chi connectivity index (χ2v) is 8.39. The molecule has 1 amide bonds. The van der Waals surface area contributed by atoms with Gasteiger partial charge in [-0.3, -0.25) is 4.79 Å². The summed E-state index contributed by atoms with van der Waals surface area (Å²) in [5, 5.41) is 7.13. The van der Waals surface area contributed by atoms with Crippen molar-refractivity contribution < 1.29 is 13.6 Å². The Hall–Kier alpha value is -2.39. The first-order chi connectivity index (χ1) is 13.4. The van der Waals surface area contributed by atoms with Gasteiger partial charge in [0, 0.05) is 12.8 Å². The van der Waals surface area contributed by atoms with E-state index >= 15 is 0 Å². The highest BCUT2D eigenvalue weighted by Gasteiger charge is 2.45. The first-order valence-electron chi connectivity index (χ1n) is 8.66. The number of carbonyl (C=O) groups is 1. The molecule has 146 valence electrons. The van der Waals surface area contributed by atoms with Crippen LogP contribution in [0.5, 0.6) is 0 Å². The van der Waals surface area contributed by atoms with Crippen molar-refractivity contribution in [1.29, 1.82) is 0 Å². The SMILES string of the molecule is O=C(Nc1ncc(Cl)s1)C(c1ccc(-n2cncn2)cc1)C1CCC(F)(F)C1. The van der Waals surface area contributed by atoms with E-state index in [1.54, 1.807) is 35.3 Å². The van der Waals surface area contributed by atoms with Gasteiger partial charge in [-0.1, -0.05) is 35.1 Å². The Kier molecular flexibility index (Phi) is 5.11. The zero-order valence-corrected chi connectivity index (χ0v) is 16.1. The lowest BCUT2D eigenvalue weighted by atomic mass is 9.84. The molecule has 2 aromatic heterocycles. The number of carbonyl (C=O) groups excluding carboxylic acids is 1. The predicted octanol–water partition coefficient (Wildman–Crippen LogP) is 4.53. The maximum atomic E-state index is 13.8. The number of halogens is 3. The molecule has 28 heavy (non-hydrogen) atoms. The van der Waals surface area contributed by atoms with Gasteiger partial charge >= 0.3 is 0 Å². The lowest BCUT2D eigenvalue weighted by Crippen LogP contribution is -2.27. The Balaban J connectivity index is 1.61. The monoisotopic (exact) mass is 423 g/mol. The van der Waals surface area contributed by atoms with Crippen LogP contribution in [0.15, 0.2) is 43.1 Å². The van der Waals surface area contributed by atoms with Crippen LogP contribution in [-0.2, 0) is 4.79 Å². The number of nitrogens with one attached hydrogen (secondary N) is 1. The molecule has 1 fully saturated rings. The molecule has 2 unspecified atom stereocenters. The molecule has 3 aromatic rings. The molecule has 1 aliphatic rings. The van der Waals surface area contributed by atoms with Crippen LogP contribution < -0.4 is 5.32 Å². The number of anilines is 1. The average molecular weight is 424 g/mol. The van der Waals surface area contributed by atoms with E-state index in [9.17, 15) is 13.6 Å². The molecule has 2 atom stereocenters. The van der Waals surface area contributed by atoms with Gasteiger partial charge in [0.05, 0.1) is 17.8 Å². The summed E-state index contributed by atoms with van der Waals surface area (Å²) < 4.78 is 29.7. The van der Waals surface area contributed by atoms with Crippen LogP contribution in [-0.4, -0.2) is 31.6 Å². The van der Waals surface area contributed by atoms with Gasteiger partial charge < -0.3 is 5.32 Å². The number of thiazole rings is 1. The minimum Gasteiger partial charge on any atom is -0.301 e. The quantitative estimate of drug-likeness (QED) is 0.654. The summed E-state index contributed by atoms with van der Waals surface area (Å²) in [5.41, 5.74) is 1.44. The molecular weight excluding hydrogens is 408 g/mol. The van der Waals surface area contributed by atoms with E-state index in [-0.39, 0.29) is 25.2 Å². The number of amides is 1. The van der Waals surface area contributed by atoms with Crippen molar-refractivity contribution in [2.45, 2.75) is 31.1 Å². The summed E-state index contributed by atoms with van der Waals surface area (Å²) in [6.45, 7) is 0. The smallest absolute Gasteiger partial charge is 0.248 e. The lowest BCUT2D eigenvalue weighted by molar-refractivity contribution is -0.118. The minimum atomic E-state index is -2.74. The molecule has 1 aromatic carbocycles. The van der Waals surface area contributed by atoms with Crippen molar-refractivity contribution >= 4 is 34.0 Å². The maximum Gasteiger partial charge on any atom is 0.248 e.